The van der Waals surface area contributed by atoms with Crippen LogP contribution in [0.4, 0.5) is 0 Å². The highest BCUT2D eigenvalue weighted by Crippen LogP contribution is 2.16. The highest BCUT2D eigenvalue weighted by atomic mass is 35.5. The number of carbonyl (C=O) groups is 1. The van der Waals surface area contributed by atoms with Gasteiger partial charge >= 0.3 is 5.97 Å². The van der Waals surface area contributed by atoms with Gasteiger partial charge in [0.1, 0.15) is 0 Å². The van der Waals surface area contributed by atoms with Crippen LogP contribution >= 0.6 is 11.6 Å². The van der Waals surface area contributed by atoms with Crippen molar-refractivity contribution in [3.63, 3.8) is 0 Å². The Labute approximate surface area is 107 Å². The maximum absolute atomic E-state index is 10.8. The zero-order valence-electron chi connectivity index (χ0n) is 10.4. The summed E-state index contributed by atoms with van der Waals surface area (Å²) in [5.74, 6) is -1.11. The van der Waals surface area contributed by atoms with Crippen LogP contribution in [0.3, 0.4) is 0 Å². The van der Waals surface area contributed by atoms with E-state index in [1.54, 1.807) is 6.92 Å². The minimum absolute atomic E-state index is 0.354. The molecular weight excluding hydrogens is 238 g/mol. The fourth-order valence-corrected chi connectivity index (χ4v) is 1.96. The molecule has 0 bridgehead atoms. The Bertz CT molecular complexity index is 406. The van der Waals surface area contributed by atoms with Crippen LogP contribution in [0.2, 0.25) is 5.02 Å². The molecule has 0 saturated heterocycles. The first kappa shape index (κ1) is 14.0. The number of hydrogen-bond acceptors (Lipinski definition) is 2. The Morgan fingerprint density at radius 2 is 2.18 bits per heavy atom. The van der Waals surface area contributed by atoms with Crippen LogP contribution in [-0.2, 0) is 11.3 Å². The lowest BCUT2D eigenvalue weighted by Gasteiger charge is -2.20. The summed E-state index contributed by atoms with van der Waals surface area (Å²) in [5.41, 5.74) is 2.31. The minimum Gasteiger partial charge on any atom is -0.481 e. The summed E-state index contributed by atoms with van der Waals surface area (Å²) in [4.78, 5) is 12.8. The lowest BCUT2D eigenvalue weighted by molar-refractivity contribution is -0.141. The van der Waals surface area contributed by atoms with Gasteiger partial charge in [0, 0.05) is 18.1 Å². The lowest BCUT2D eigenvalue weighted by Crippen LogP contribution is -2.28. The van der Waals surface area contributed by atoms with Crippen LogP contribution in [0.5, 0.6) is 0 Å². The number of carboxylic acid groups (broad SMARTS) is 1. The molecule has 0 aliphatic heterocycles. The van der Waals surface area contributed by atoms with Gasteiger partial charge in [-0.05, 0) is 37.2 Å². The first-order valence-electron chi connectivity index (χ1n) is 5.56. The Morgan fingerprint density at radius 1 is 1.53 bits per heavy atom. The van der Waals surface area contributed by atoms with E-state index in [4.69, 9.17) is 16.7 Å². The van der Waals surface area contributed by atoms with Crippen LogP contribution in [0.25, 0.3) is 0 Å². The molecule has 94 valence electrons. The summed E-state index contributed by atoms with van der Waals surface area (Å²) in [6, 6.07) is 5.77. The Balaban J connectivity index is 2.62. The van der Waals surface area contributed by atoms with Crippen LogP contribution < -0.4 is 0 Å². The average molecular weight is 256 g/mol. The highest BCUT2D eigenvalue weighted by Gasteiger charge is 2.14. The van der Waals surface area contributed by atoms with E-state index in [1.165, 1.54) is 5.56 Å². The van der Waals surface area contributed by atoms with E-state index in [0.717, 1.165) is 17.1 Å². The van der Waals surface area contributed by atoms with Gasteiger partial charge in [-0.2, -0.15) is 0 Å². The van der Waals surface area contributed by atoms with E-state index in [9.17, 15) is 4.79 Å². The Morgan fingerprint density at radius 3 is 2.71 bits per heavy atom. The third-order valence-corrected chi connectivity index (χ3v) is 2.99. The van der Waals surface area contributed by atoms with Crippen molar-refractivity contribution < 1.29 is 9.90 Å². The fraction of sp³-hybridized carbons (Fsp3) is 0.462. The van der Waals surface area contributed by atoms with Crippen molar-refractivity contribution in [2.24, 2.45) is 5.92 Å². The Hall–Kier alpha value is -1.06. The fourth-order valence-electron chi connectivity index (χ4n) is 1.74. The molecule has 1 unspecified atom stereocenters. The number of aliphatic carboxylic acids is 1. The number of nitrogens with zero attached hydrogens (tertiary/aromatic N) is 1. The summed E-state index contributed by atoms with van der Waals surface area (Å²) in [7, 11) is 1.92. The SMILES string of the molecule is Cc1cc(Cl)ccc1CN(C)CC(C)C(=O)O. The van der Waals surface area contributed by atoms with Crippen LogP contribution in [0.15, 0.2) is 18.2 Å². The Kier molecular flexibility index (Phi) is 4.97. The molecule has 1 atom stereocenters. The van der Waals surface area contributed by atoms with Gasteiger partial charge in [-0.1, -0.05) is 24.6 Å². The normalized spacial score (nSPS) is 12.8. The highest BCUT2D eigenvalue weighted by molar-refractivity contribution is 6.30. The summed E-state index contributed by atoms with van der Waals surface area (Å²) in [6.45, 7) is 5.00. The third kappa shape index (κ3) is 4.36. The van der Waals surface area contributed by atoms with E-state index >= 15 is 0 Å². The molecule has 1 aromatic rings. The predicted molar refractivity (Wildman–Crippen MR) is 69.3 cm³/mol. The van der Waals surface area contributed by atoms with Crippen molar-refractivity contribution in [3.05, 3.63) is 34.3 Å². The quantitative estimate of drug-likeness (QED) is 0.880. The molecule has 0 aromatic heterocycles. The van der Waals surface area contributed by atoms with Gasteiger partial charge in [0.25, 0.3) is 0 Å². The zero-order valence-corrected chi connectivity index (χ0v) is 11.2. The molecule has 0 spiro atoms. The number of hydrogen-bond donors (Lipinski definition) is 1. The van der Waals surface area contributed by atoms with Crippen molar-refractivity contribution in [1.29, 1.82) is 0 Å². The molecule has 4 heteroatoms. The molecule has 3 nitrogen and oxygen atoms in total. The summed E-state index contributed by atoms with van der Waals surface area (Å²) >= 11 is 5.89. The first-order valence-corrected chi connectivity index (χ1v) is 5.94. The van der Waals surface area contributed by atoms with Crippen molar-refractivity contribution in [3.8, 4) is 0 Å². The van der Waals surface area contributed by atoms with Gasteiger partial charge in [0.2, 0.25) is 0 Å². The lowest BCUT2D eigenvalue weighted by atomic mass is 10.1. The van der Waals surface area contributed by atoms with E-state index < -0.39 is 5.97 Å². The molecule has 0 amide bonds. The largest absolute Gasteiger partial charge is 0.481 e. The van der Waals surface area contributed by atoms with Crippen molar-refractivity contribution in [1.82, 2.24) is 4.90 Å². The smallest absolute Gasteiger partial charge is 0.307 e. The number of aryl methyl sites for hydroxylation is 1. The van der Waals surface area contributed by atoms with Gasteiger partial charge in [-0.3, -0.25) is 4.79 Å². The van der Waals surface area contributed by atoms with Crippen molar-refractivity contribution in [2.75, 3.05) is 13.6 Å². The minimum atomic E-state index is -0.760. The molecule has 0 heterocycles. The molecule has 1 aromatic carbocycles. The summed E-state index contributed by atoms with van der Waals surface area (Å²) < 4.78 is 0. The van der Waals surface area contributed by atoms with Crippen molar-refractivity contribution in [2.45, 2.75) is 20.4 Å². The third-order valence-electron chi connectivity index (χ3n) is 2.75. The molecular formula is C13H18ClNO2. The van der Waals surface area contributed by atoms with Crippen LogP contribution in [-0.4, -0.2) is 29.6 Å². The van der Waals surface area contributed by atoms with Gasteiger partial charge < -0.3 is 10.0 Å². The standard InChI is InChI=1S/C13H18ClNO2/c1-9-6-12(14)5-4-11(9)8-15(3)7-10(2)13(16)17/h4-6,10H,7-8H2,1-3H3,(H,16,17). The molecule has 1 N–H and O–H groups in total. The first-order chi connectivity index (χ1) is 7.90. The van der Waals surface area contributed by atoms with Gasteiger partial charge in [-0.15, -0.1) is 0 Å². The number of carboxylic acids is 1. The summed E-state index contributed by atoms with van der Waals surface area (Å²) in [5, 5.41) is 9.57. The molecule has 1 rings (SSSR count). The van der Waals surface area contributed by atoms with E-state index in [2.05, 4.69) is 0 Å². The molecule has 17 heavy (non-hydrogen) atoms. The van der Waals surface area contributed by atoms with E-state index in [1.807, 2.05) is 37.1 Å². The molecule has 0 fully saturated rings. The van der Waals surface area contributed by atoms with Crippen LogP contribution in [0.1, 0.15) is 18.1 Å². The summed E-state index contributed by atoms with van der Waals surface area (Å²) in [6.07, 6.45) is 0. The van der Waals surface area contributed by atoms with Gasteiger partial charge in [0.15, 0.2) is 0 Å². The van der Waals surface area contributed by atoms with Gasteiger partial charge in [-0.25, -0.2) is 0 Å². The molecule has 0 aliphatic carbocycles. The van der Waals surface area contributed by atoms with Crippen LogP contribution in [0, 0.1) is 12.8 Å². The maximum atomic E-state index is 10.8. The monoisotopic (exact) mass is 255 g/mol. The van der Waals surface area contributed by atoms with E-state index in [-0.39, 0.29) is 5.92 Å². The predicted octanol–water partition coefficient (Wildman–Crippen LogP) is 2.80. The number of halogens is 1. The zero-order chi connectivity index (χ0) is 13.0. The molecule has 0 aliphatic rings. The second-order valence-electron chi connectivity index (χ2n) is 4.51. The average Bonchev–Trinajstić information content (AvgIpc) is 2.22. The second-order valence-corrected chi connectivity index (χ2v) is 4.94. The molecule has 0 radical (unpaired) electrons. The maximum Gasteiger partial charge on any atom is 0.307 e. The number of benzene rings is 1. The van der Waals surface area contributed by atoms with E-state index in [0.29, 0.717) is 6.54 Å². The molecule has 0 saturated carbocycles. The second kappa shape index (κ2) is 6.03. The topological polar surface area (TPSA) is 40.5 Å². The van der Waals surface area contributed by atoms with Gasteiger partial charge in [0.05, 0.1) is 5.92 Å². The number of rotatable bonds is 5. The van der Waals surface area contributed by atoms with Crippen molar-refractivity contribution >= 4 is 17.6 Å².